The summed E-state index contributed by atoms with van der Waals surface area (Å²) < 4.78 is 11.2. The van der Waals surface area contributed by atoms with Crippen molar-refractivity contribution in [2.45, 2.75) is 26.9 Å². The van der Waals surface area contributed by atoms with Crippen molar-refractivity contribution in [3.8, 4) is 11.5 Å². The Morgan fingerprint density at radius 1 is 1.07 bits per heavy atom. The van der Waals surface area contributed by atoms with E-state index in [0.717, 1.165) is 10.5 Å². The molecule has 1 N–H and O–H groups in total. The summed E-state index contributed by atoms with van der Waals surface area (Å²) >= 11 is 0. The number of hydrogen-bond acceptors (Lipinski definition) is 5. The highest BCUT2D eigenvalue weighted by Gasteiger charge is 2.37. The fourth-order valence-corrected chi connectivity index (χ4v) is 2.98. The monoisotopic (exact) mass is 394 g/mol. The standard InChI is InChI=1S/C22H22N2O5/c1-13(2)29-19-15(8-6-10-18(19)28-4)12-17-20(25)23-22(27)24(21(17)26)16-9-5-7-14(3)11-16/h5-13H,1-4H3,(H,23,25,27)/b17-12+. The third kappa shape index (κ3) is 4.13. The molecule has 7 heteroatoms. The number of ether oxygens (including phenoxy) is 2. The molecule has 150 valence electrons. The van der Waals surface area contributed by atoms with Crippen molar-refractivity contribution in [1.29, 1.82) is 0 Å². The first-order valence-corrected chi connectivity index (χ1v) is 9.13. The molecule has 0 unspecified atom stereocenters. The van der Waals surface area contributed by atoms with E-state index in [9.17, 15) is 14.4 Å². The maximum atomic E-state index is 13.1. The van der Waals surface area contributed by atoms with Crippen LogP contribution in [-0.2, 0) is 9.59 Å². The number of methoxy groups -OCH3 is 1. The molecule has 1 aliphatic heterocycles. The lowest BCUT2D eigenvalue weighted by atomic mass is 10.1. The second-order valence-corrected chi connectivity index (χ2v) is 6.84. The van der Waals surface area contributed by atoms with Gasteiger partial charge >= 0.3 is 6.03 Å². The Kier molecular flexibility index (Phi) is 5.68. The first kappa shape index (κ1) is 20.1. The Hall–Kier alpha value is -3.61. The van der Waals surface area contributed by atoms with E-state index in [-0.39, 0.29) is 11.7 Å². The van der Waals surface area contributed by atoms with Crippen LogP contribution in [0.2, 0.25) is 0 Å². The van der Waals surface area contributed by atoms with E-state index in [1.165, 1.54) is 13.2 Å². The number of aryl methyl sites for hydroxylation is 1. The molecule has 1 saturated heterocycles. The van der Waals surface area contributed by atoms with Gasteiger partial charge in [0.1, 0.15) is 5.57 Å². The molecule has 0 atom stereocenters. The first-order chi connectivity index (χ1) is 13.8. The van der Waals surface area contributed by atoms with Gasteiger partial charge in [0.15, 0.2) is 11.5 Å². The molecule has 0 aliphatic carbocycles. The van der Waals surface area contributed by atoms with Crippen LogP contribution in [0, 0.1) is 6.92 Å². The van der Waals surface area contributed by atoms with E-state index in [4.69, 9.17) is 9.47 Å². The van der Waals surface area contributed by atoms with E-state index >= 15 is 0 Å². The quantitative estimate of drug-likeness (QED) is 0.620. The molecule has 0 spiro atoms. The van der Waals surface area contributed by atoms with Crippen LogP contribution in [0.4, 0.5) is 10.5 Å². The van der Waals surface area contributed by atoms with E-state index in [1.54, 1.807) is 36.4 Å². The molecular formula is C22H22N2O5. The molecule has 1 heterocycles. The van der Waals surface area contributed by atoms with Crippen LogP contribution in [0.5, 0.6) is 11.5 Å². The summed E-state index contributed by atoms with van der Waals surface area (Å²) in [5.41, 5.74) is 1.59. The minimum atomic E-state index is -0.785. The predicted molar refractivity (Wildman–Crippen MR) is 109 cm³/mol. The number of rotatable bonds is 5. The van der Waals surface area contributed by atoms with Crippen LogP contribution in [0.25, 0.3) is 6.08 Å². The molecule has 2 aromatic carbocycles. The van der Waals surface area contributed by atoms with Gasteiger partial charge in [-0.3, -0.25) is 14.9 Å². The van der Waals surface area contributed by atoms with Gasteiger partial charge in [0, 0.05) is 5.56 Å². The number of urea groups is 1. The molecular weight excluding hydrogens is 372 g/mol. The molecule has 1 aliphatic rings. The van der Waals surface area contributed by atoms with Crippen molar-refractivity contribution in [2.24, 2.45) is 0 Å². The molecule has 29 heavy (non-hydrogen) atoms. The van der Waals surface area contributed by atoms with E-state index in [1.807, 2.05) is 26.8 Å². The van der Waals surface area contributed by atoms with Crippen LogP contribution in [0.1, 0.15) is 25.0 Å². The van der Waals surface area contributed by atoms with Crippen molar-refractivity contribution in [2.75, 3.05) is 12.0 Å². The zero-order valence-corrected chi connectivity index (χ0v) is 16.7. The lowest BCUT2D eigenvalue weighted by Crippen LogP contribution is -2.54. The average molecular weight is 394 g/mol. The number of anilines is 1. The van der Waals surface area contributed by atoms with Crippen molar-refractivity contribution in [3.63, 3.8) is 0 Å². The summed E-state index contributed by atoms with van der Waals surface area (Å²) in [5.74, 6) is -0.578. The Balaban J connectivity index is 2.08. The number of amides is 4. The Morgan fingerprint density at radius 2 is 1.79 bits per heavy atom. The SMILES string of the molecule is COc1cccc(/C=C2\C(=O)NC(=O)N(c3cccc(C)c3)C2=O)c1OC(C)C. The number of para-hydroxylation sites is 1. The van der Waals surface area contributed by atoms with Crippen LogP contribution >= 0.6 is 0 Å². The topological polar surface area (TPSA) is 84.9 Å². The molecule has 0 bridgehead atoms. The van der Waals surface area contributed by atoms with Gasteiger partial charge in [-0.15, -0.1) is 0 Å². The van der Waals surface area contributed by atoms with Crippen LogP contribution in [-0.4, -0.2) is 31.1 Å². The zero-order valence-electron chi connectivity index (χ0n) is 16.7. The van der Waals surface area contributed by atoms with Crippen molar-refractivity contribution in [3.05, 3.63) is 59.2 Å². The second-order valence-electron chi connectivity index (χ2n) is 6.84. The summed E-state index contributed by atoms with van der Waals surface area (Å²) in [4.78, 5) is 38.8. The molecule has 3 rings (SSSR count). The summed E-state index contributed by atoms with van der Waals surface area (Å²) in [6.07, 6.45) is 1.26. The number of barbiturate groups is 1. The predicted octanol–water partition coefficient (Wildman–Crippen LogP) is 3.46. The normalized spacial score (nSPS) is 15.7. The van der Waals surface area contributed by atoms with Gasteiger partial charge in [-0.25, -0.2) is 9.69 Å². The van der Waals surface area contributed by atoms with Gasteiger partial charge in [0.2, 0.25) is 0 Å². The number of nitrogens with zero attached hydrogens (tertiary/aromatic N) is 1. The van der Waals surface area contributed by atoms with E-state index in [2.05, 4.69) is 5.32 Å². The molecule has 0 aromatic heterocycles. The molecule has 0 saturated carbocycles. The fraction of sp³-hybridized carbons (Fsp3) is 0.227. The van der Waals surface area contributed by atoms with Crippen molar-refractivity contribution < 1.29 is 23.9 Å². The maximum Gasteiger partial charge on any atom is 0.335 e. The fourth-order valence-electron chi connectivity index (χ4n) is 2.98. The van der Waals surface area contributed by atoms with Crippen LogP contribution < -0.4 is 19.7 Å². The van der Waals surface area contributed by atoms with Gasteiger partial charge in [0.25, 0.3) is 11.8 Å². The van der Waals surface area contributed by atoms with Crippen LogP contribution in [0.15, 0.2) is 48.0 Å². The summed E-state index contributed by atoms with van der Waals surface area (Å²) in [6, 6.07) is 11.3. The first-order valence-electron chi connectivity index (χ1n) is 9.13. The summed E-state index contributed by atoms with van der Waals surface area (Å²) in [7, 11) is 1.51. The minimum Gasteiger partial charge on any atom is -0.493 e. The van der Waals surface area contributed by atoms with E-state index in [0.29, 0.717) is 22.7 Å². The lowest BCUT2D eigenvalue weighted by Gasteiger charge is -2.26. The number of benzene rings is 2. The largest absolute Gasteiger partial charge is 0.493 e. The Morgan fingerprint density at radius 3 is 2.45 bits per heavy atom. The average Bonchev–Trinajstić information content (AvgIpc) is 2.65. The second kappa shape index (κ2) is 8.18. The molecule has 0 radical (unpaired) electrons. The zero-order chi connectivity index (χ0) is 21.1. The number of nitrogens with one attached hydrogen (secondary N) is 1. The van der Waals surface area contributed by atoms with Crippen LogP contribution in [0.3, 0.4) is 0 Å². The minimum absolute atomic E-state index is 0.148. The lowest BCUT2D eigenvalue weighted by molar-refractivity contribution is -0.122. The summed E-state index contributed by atoms with van der Waals surface area (Å²) in [6.45, 7) is 5.57. The van der Waals surface area contributed by atoms with Gasteiger partial charge in [-0.05, 0) is 50.6 Å². The van der Waals surface area contributed by atoms with Gasteiger partial charge in [-0.1, -0.05) is 24.3 Å². The maximum absolute atomic E-state index is 13.1. The van der Waals surface area contributed by atoms with Gasteiger partial charge in [0.05, 0.1) is 18.9 Å². The molecule has 7 nitrogen and oxygen atoms in total. The number of hydrogen-bond donors (Lipinski definition) is 1. The summed E-state index contributed by atoms with van der Waals surface area (Å²) in [5, 5.41) is 2.22. The van der Waals surface area contributed by atoms with E-state index < -0.39 is 17.8 Å². The molecule has 4 amide bonds. The number of carbonyl (C=O) groups excluding carboxylic acids is 3. The van der Waals surface area contributed by atoms with Crippen molar-refractivity contribution >= 4 is 29.6 Å². The Bertz CT molecular complexity index is 1010. The Labute approximate surface area is 168 Å². The van der Waals surface area contributed by atoms with Gasteiger partial charge < -0.3 is 9.47 Å². The molecule has 2 aromatic rings. The highest BCUT2D eigenvalue weighted by molar-refractivity contribution is 6.39. The molecule has 1 fully saturated rings. The van der Waals surface area contributed by atoms with Crippen molar-refractivity contribution in [1.82, 2.24) is 5.32 Å². The highest BCUT2D eigenvalue weighted by Crippen LogP contribution is 2.34. The smallest absolute Gasteiger partial charge is 0.335 e. The third-order valence-electron chi connectivity index (χ3n) is 4.24. The third-order valence-corrected chi connectivity index (χ3v) is 4.24. The highest BCUT2D eigenvalue weighted by atomic mass is 16.5. The van der Waals surface area contributed by atoms with Gasteiger partial charge in [-0.2, -0.15) is 0 Å². The number of imide groups is 2. The number of carbonyl (C=O) groups is 3.